The highest BCUT2D eigenvalue weighted by Gasteiger charge is 2.16. The van der Waals surface area contributed by atoms with Crippen LogP contribution in [0.4, 0.5) is 26.1 Å². The zero-order valence-electron chi connectivity index (χ0n) is 13.7. The van der Waals surface area contributed by atoms with Crippen molar-refractivity contribution < 1.29 is 23.0 Å². The highest BCUT2D eigenvalue weighted by atomic mass is 19.1. The predicted octanol–water partition coefficient (Wildman–Crippen LogP) is 3.48. The Hall–Kier alpha value is -3.75. The van der Waals surface area contributed by atoms with Crippen molar-refractivity contribution in [3.05, 3.63) is 66.0 Å². The quantitative estimate of drug-likeness (QED) is 0.731. The van der Waals surface area contributed by atoms with E-state index in [1.165, 1.54) is 18.3 Å². The van der Waals surface area contributed by atoms with E-state index in [0.717, 1.165) is 12.1 Å². The molecule has 2 aromatic carbocycles. The van der Waals surface area contributed by atoms with Gasteiger partial charge in [-0.15, -0.1) is 0 Å². The van der Waals surface area contributed by atoms with E-state index in [9.17, 15) is 13.6 Å². The number of ether oxygens (including phenoxy) is 2. The molecule has 4 rings (SSSR count). The van der Waals surface area contributed by atoms with Gasteiger partial charge in [0, 0.05) is 24.0 Å². The summed E-state index contributed by atoms with van der Waals surface area (Å²) in [5, 5.41) is 5.29. The van der Waals surface area contributed by atoms with Crippen LogP contribution in [-0.2, 0) is 0 Å². The number of hydrogen-bond acceptors (Lipinski definition) is 6. The standard InChI is InChI=1S/C18H12F2N4O3/c19-10-1-3-13(12(20)7-10)23-18-21-6-5-14(24-18)17(25)22-11-2-4-15-16(8-11)27-9-26-15/h1-8H,9H2,(H,22,25)(H,21,23,24). The zero-order valence-corrected chi connectivity index (χ0v) is 13.7. The summed E-state index contributed by atoms with van der Waals surface area (Å²) in [6.45, 7) is 0.133. The Labute approximate surface area is 152 Å². The summed E-state index contributed by atoms with van der Waals surface area (Å²) in [4.78, 5) is 20.4. The van der Waals surface area contributed by atoms with Crippen LogP contribution >= 0.6 is 0 Å². The lowest BCUT2D eigenvalue weighted by molar-refractivity contribution is 0.102. The number of rotatable bonds is 4. The molecule has 7 nitrogen and oxygen atoms in total. The van der Waals surface area contributed by atoms with Crippen molar-refractivity contribution in [3.63, 3.8) is 0 Å². The first-order valence-electron chi connectivity index (χ1n) is 7.84. The van der Waals surface area contributed by atoms with E-state index in [1.54, 1.807) is 18.2 Å². The SMILES string of the molecule is O=C(Nc1ccc2c(c1)OCO2)c1ccnc(Nc2ccc(F)cc2F)n1. The largest absolute Gasteiger partial charge is 0.454 e. The van der Waals surface area contributed by atoms with Crippen molar-refractivity contribution in [2.75, 3.05) is 17.4 Å². The molecule has 0 unspecified atom stereocenters. The van der Waals surface area contributed by atoms with E-state index < -0.39 is 17.5 Å². The minimum atomic E-state index is -0.797. The predicted molar refractivity (Wildman–Crippen MR) is 92.2 cm³/mol. The van der Waals surface area contributed by atoms with Gasteiger partial charge in [-0.05, 0) is 30.3 Å². The van der Waals surface area contributed by atoms with Gasteiger partial charge in [-0.1, -0.05) is 0 Å². The van der Waals surface area contributed by atoms with E-state index in [0.29, 0.717) is 17.2 Å². The van der Waals surface area contributed by atoms with E-state index in [2.05, 4.69) is 20.6 Å². The average molecular weight is 370 g/mol. The minimum absolute atomic E-state index is 0.00107. The topological polar surface area (TPSA) is 85.4 Å². The smallest absolute Gasteiger partial charge is 0.274 e. The summed E-state index contributed by atoms with van der Waals surface area (Å²) < 4.78 is 37.2. The molecule has 9 heteroatoms. The van der Waals surface area contributed by atoms with Crippen LogP contribution in [0.2, 0.25) is 0 Å². The number of amides is 1. The van der Waals surface area contributed by atoms with Crippen LogP contribution in [0.1, 0.15) is 10.5 Å². The summed E-state index contributed by atoms with van der Waals surface area (Å²) in [6.07, 6.45) is 1.35. The van der Waals surface area contributed by atoms with Gasteiger partial charge < -0.3 is 20.1 Å². The molecule has 0 spiro atoms. The zero-order chi connectivity index (χ0) is 18.8. The van der Waals surface area contributed by atoms with Crippen molar-refractivity contribution in [3.8, 4) is 11.5 Å². The second-order valence-electron chi connectivity index (χ2n) is 5.54. The van der Waals surface area contributed by atoms with Gasteiger partial charge in [0.15, 0.2) is 11.5 Å². The summed E-state index contributed by atoms with van der Waals surface area (Å²) in [5.74, 6) is -0.852. The Bertz CT molecular complexity index is 1030. The van der Waals surface area contributed by atoms with Crippen LogP contribution in [0.3, 0.4) is 0 Å². The number of carbonyl (C=O) groups is 1. The Kier molecular flexibility index (Phi) is 4.25. The third kappa shape index (κ3) is 3.61. The van der Waals surface area contributed by atoms with Gasteiger partial charge in [-0.2, -0.15) is 0 Å². The number of nitrogens with zero attached hydrogens (tertiary/aromatic N) is 2. The highest BCUT2D eigenvalue weighted by Crippen LogP contribution is 2.34. The molecule has 0 radical (unpaired) electrons. The van der Waals surface area contributed by atoms with Crippen LogP contribution in [0, 0.1) is 11.6 Å². The van der Waals surface area contributed by atoms with Gasteiger partial charge >= 0.3 is 0 Å². The van der Waals surface area contributed by atoms with E-state index >= 15 is 0 Å². The molecule has 0 saturated heterocycles. The molecule has 0 fully saturated rings. The van der Waals surface area contributed by atoms with Crippen molar-refractivity contribution in [2.24, 2.45) is 0 Å². The number of anilines is 3. The van der Waals surface area contributed by atoms with Crippen molar-refractivity contribution in [1.82, 2.24) is 9.97 Å². The van der Waals surface area contributed by atoms with Crippen molar-refractivity contribution in [1.29, 1.82) is 0 Å². The lowest BCUT2D eigenvalue weighted by Crippen LogP contribution is -2.14. The van der Waals surface area contributed by atoms with E-state index in [1.807, 2.05) is 0 Å². The molecule has 1 aliphatic rings. The third-order valence-electron chi connectivity index (χ3n) is 3.70. The molecule has 0 aliphatic carbocycles. The number of nitrogens with one attached hydrogen (secondary N) is 2. The van der Waals surface area contributed by atoms with Gasteiger partial charge in [-0.25, -0.2) is 18.7 Å². The van der Waals surface area contributed by atoms with Crippen molar-refractivity contribution >= 4 is 23.2 Å². The molecule has 3 aromatic rings. The normalized spacial score (nSPS) is 11.9. The van der Waals surface area contributed by atoms with Gasteiger partial charge in [0.2, 0.25) is 12.7 Å². The second kappa shape index (κ2) is 6.87. The first-order chi connectivity index (χ1) is 13.1. The van der Waals surface area contributed by atoms with E-state index in [4.69, 9.17) is 9.47 Å². The second-order valence-corrected chi connectivity index (χ2v) is 5.54. The summed E-state index contributed by atoms with van der Waals surface area (Å²) in [7, 11) is 0. The molecule has 0 saturated carbocycles. The fourth-order valence-corrected chi connectivity index (χ4v) is 2.43. The first-order valence-corrected chi connectivity index (χ1v) is 7.84. The monoisotopic (exact) mass is 370 g/mol. The molecule has 2 N–H and O–H groups in total. The van der Waals surface area contributed by atoms with Gasteiger partial charge in [0.05, 0.1) is 5.69 Å². The molecule has 1 amide bonds. The summed E-state index contributed by atoms with van der Waals surface area (Å²) >= 11 is 0. The summed E-state index contributed by atoms with van der Waals surface area (Å²) in [5.41, 5.74) is 0.555. The van der Waals surface area contributed by atoms with Crippen molar-refractivity contribution in [2.45, 2.75) is 0 Å². The van der Waals surface area contributed by atoms with Crippen LogP contribution in [0.15, 0.2) is 48.7 Å². The summed E-state index contributed by atoms with van der Waals surface area (Å²) in [6, 6.07) is 9.44. The fraction of sp³-hybridized carbons (Fsp3) is 0.0556. The molecule has 27 heavy (non-hydrogen) atoms. The lowest BCUT2D eigenvalue weighted by atomic mass is 10.2. The number of carbonyl (C=O) groups excluding carboxylic acids is 1. The first kappa shape index (κ1) is 16.7. The molecule has 1 aliphatic heterocycles. The third-order valence-corrected chi connectivity index (χ3v) is 3.70. The number of aromatic nitrogens is 2. The highest BCUT2D eigenvalue weighted by molar-refractivity contribution is 6.03. The maximum absolute atomic E-state index is 13.7. The van der Waals surface area contributed by atoms with Gasteiger partial charge in [0.25, 0.3) is 5.91 Å². The maximum Gasteiger partial charge on any atom is 0.274 e. The average Bonchev–Trinajstić information content (AvgIpc) is 3.12. The Morgan fingerprint density at radius 3 is 2.74 bits per heavy atom. The molecular formula is C18H12F2N4O3. The Balaban J connectivity index is 1.50. The van der Waals surface area contributed by atoms with E-state index in [-0.39, 0.29) is 24.1 Å². The number of hydrogen-bond donors (Lipinski definition) is 2. The molecule has 0 bridgehead atoms. The van der Waals surface area contributed by atoms with Gasteiger partial charge in [-0.3, -0.25) is 4.79 Å². The molecule has 2 heterocycles. The van der Waals surface area contributed by atoms with Crippen LogP contribution < -0.4 is 20.1 Å². The molecular weight excluding hydrogens is 358 g/mol. The molecule has 136 valence electrons. The molecule has 1 aromatic heterocycles. The minimum Gasteiger partial charge on any atom is -0.454 e. The number of halogens is 2. The molecule has 0 atom stereocenters. The van der Waals surface area contributed by atoms with Crippen LogP contribution in [-0.4, -0.2) is 22.7 Å². The maximum atomic E-state index is 13.7. The number of benzene rings is 2. The Morgan fingerprint density at radius 1 is 1.04 bits per heavy atom. The number of fused-ring (bicyclic) bond motifs is 1. The fourth-order valence-electron chi connectivity index (χ4n) is 2.43. The van der Waals surface area contributed by atoms with Crippen LogP contribution in [0.5, 0.6) is 11.5 Å². The lowest BCUT2D eigenvalue weighted by Gasteiger charge is -2.08. The van der Waals surface area contributed by atoms with Gasteiger partial charge in [0.1, 0.15) is 17.3 Å². The Morgan fingerprint density at radius 2 is 1.89 bits per heavy atom. The van der Waals surface area contributed by atoms with Crippen LogP contribution in [0.25, 0.3) is 0 Å².